The van der Waals surface area contributed by atoms with Gasteiger partial charge in [-0.2, -0.15) is 0 Å². The number of rotatable bonds is 20. The van der Waals surface area contributed by atoms with Gasteiger partial charge < -0.3 is 10.6 Å². The molecule has 0 aliphatic rings. The third-order valence-electron chi connectivity index (χ3n) is 5.62. The lowest BCUT2D eigenvalue weighted by Gasteiger charge is -2.11. The van der Waals surface area contributed by atoms with Gasteiger partial charge in [0, 0.05) is 29.5 Å². The number of benzene rings is 1. The van der Waals surface area contributed by atoms with Gasteiger partial charge in [0.05, 0.1) is 0 Å². The summed E-state index contributed by atoms with van der Waals surface area (Å²) in [7, 11) is 0. The lowest BCUT2D eigenvalue weighted by Crippen LogP contribution is -2.04. The molecule has 0 spiro atoms. The number of unbranched alkanes of at least 4 members (excludes halogenated alkanes) is 14. The first-order valence-corrected chi connectivity index (χ1v) is 12.9. The van der Waals surface area contributed by atoms with E-state index in [-0.39, 0.29) is 0 Å². The molecule has 1 aromatic carbocycles. The fourth-order valence-electron chi connectivity index (χ4n) is 3.78. The van der Waals surface area contributed by atoms with E-state index in [1.54, 1.807) is 0 Å². The molecule has 1 aromatic rings. The van der Waals surface area contributed by atoms with Crippen LogP contribution in [0.5, 0.6) is 0 Å². The van der Waals surface area contributed by atoms with Crippen LogP contribution in [0.25, 0.3) is 0 Å². The Kier molecular flexibility index (Phi) is 17.2. The van der Waals surface area contributed by atoms with E-state index in [1.165, 1.54) is 103 Å². The van der Waals surface area contributed by atoms with Gasteiger partial charge in [0.2, 0.25) is 0 Å². The van der Waals surface area contributed by atoms with Crippen LogP contribution in [0.1, 0.15) is 117 Å². The van der Waals surface area contributed by atoms with Gasteiger partial charge in [-0.1, -0.05) is 115 Å². The van der Waals surface area contributed by atoms with Gasteiger partial charge in [-0.25, -0.2) is 0 Å². The predicted octanol–water partition coefficient (Wildman–Crippen LogP) is 9.45. The smallest absolute Gasteiger partial charge is 0.0447 e. The second-order valence-corrected chi connectivity index (χ2v) is 8.97. The Labute approximate surface area is 186 Å². The molecule has 0 radical (unpaired) electrons. The molecular weight excluding hydrogens is 376 g/mol. The summed E-state index contributed by atoms with van der Waals surface area (Å²) in [5, 5.41) is 7.90. The van der Waals surface area contributed by atoms with Crippen molar-refractivity contribution >= 4 is 23.0 Å². The van der Waals surface area contributed by atoms with E-state index in [0.717, 1.165) is 29.5 Å². The van der Waals surface area contributed by atoms with Crippen LogP contribution < -0.4 is 10.6 Å². The molecule has 0 fully saturated rings. The summed E-state index contributed by atoms with van der Waals surface area (Å²) in [5.74, 6) is 0. The number of hydrogen-bond donors (Lipinski definition) is 2. The molecule has 29 heavy (non-hydrogen) atoms. The first kappa shape index (κ1) is 26.1. The monoisotopic (exact) mass is 422 g/mol. The minimum atomic E-state index is 0.810. The lowest BCUT2D eigenvalue weighted by atomic mass is 10.1. The van der Waals surface area contributed by atoms with Crippen LogP contribution in [0.3, 0.4) is 0 Å². The van der Waals surface area contributed by atoms with Crippen LogP contribution in [0.15, 0.2) is 18.2 Å². The highest BCUT2D eigenvalue weighted by Gasteiger charge is 2.00. The van der Waals surface area contributed by atoms with Crippen molar-refractivity contribution in [3.05, 3.63) is 23.2 Å². The molecule has 0 saturated carbocycles. The SMILES string of the molecule is CCCCCCCCCCNc1cc(Cl)cc(NCCCCCCCCCC)c1. The Balaban J connectivity index is 2.09. The van der Waals surface area contributed by atoms with Crippen molar-refractivity contribution in [1.82, 2.24) is 0 Å². The summed E-state index contributed by atoms with van der Waals surface area (Å²) in [4.78, 5) is 0. The topological polar surface area (TPSA) is 24.1 Å². The van der Waals surface area contributed by atoms with E-state index in [9.17, 15) is 0 Å². The molecule has 1 rings (SSSR count). The molecule has 2 N–H and O–H groups in total. The summed E-state index contributed by atoms with van der Waals surface area (Å²) in [6.07, 6.45) is 21.7. The molecule has 0 aromatic heterocycles. The molecule has 0 amide bonds. The minimum Gasteiger partial charge on any atom is -0.385 e. The van der Waals surface area contributed by atoms with Crippen LogP contribution in [-0.4, -0.2) is 13.1 Å². The maximum atomic E-state index is 6.32. The number of hydrogen-bond acceptors (Lipinski definition) is 2. The number of halogens is 1. The largest absolute Gasteiger partial charge is 0.385 e. The molecule has 0 unspecified atom stereocenters. The maximum absolute atomic E-state index is 6.32. The summed E-state index contributed by atoms with van der Waals surface area (Å²) < 4.78 is 0. The average Bonchev–Trinajstić information content (AvgIpc) is 2.71. The molecule has 0 heterocycles. The average molecular weight is 423 g/mol. The highest BCUT2D eigenvalue weighted by atomic mass is 35.5. The summed E-state index contributed by atoms with van der Waals surface area (Å²) in [6, 6.07) is 6.27. The van der Waals surface area contributed by atoms with Crippen molar-refractivity contribution in [1.29, 1.82) is 0 Å². The third-order valence-corrected chi connectivity index (χ3v) is 5.83. The van der Waals surface area contributed by atoms with Crippen LogP contribution in [0, 0.1) is 0 Å². The van der Waals surface area contributed by atoms with Gasteiger partial charge >= 0.3 is 0 Å². The quantitative estimate of drug-likeness (QED) is 0.204. The molecule has 0 bridgehead atoms. The Bertz CT molecular complexity index is 449. The van der Waals surface area contributed by atoms with E-state index in [0.29, 0.717) is 0 Å². The zero-order valence-electron chi connectivity index (χ0n) is 19.3. The van der Waals surface area contributed by atoms with Crippen molar-refractivity contribution in [2.24, 2.45) is 0 Å². The standard InChI is InChI=1S/C26H47ClN2/c1-3-5-7-9-11-13-15-17-19-28-25-21-24(27)22-26(23-25)29-20-18-16-14-12-10-8-6-4-2/h21-23,28-29H,3-20H2,1-2H3. The Hall–Kier alpha value is -0.890. The maximum Gasteiger partial charge on any atom is 0.0447 e. The van der Waals surface area contributed by atoms with Crippen LogP contribution >= 0.6 is 11.6 Å². The predicted molar refractivity (Wildman–Crippen MR) is 134 cm³/mol. The lowest BCUT2D eigenvalue weighted by molar-refractivity contribution is 0.581. The van der Waals surface area contributed by atoms with Crippen molar-refractivity contribution in [2.75, 3.05) is 23.7 Å². The Morgan fingerprint density at radius 1 is 0.517 bits per heavy atom. The second kappa shape index (κ2) is 19.1. The molecule has 0 aliphatic carbocycles. The minimum absolute atomic E-state index is 0.810. The zero-order chi connectivity index (χ0) is 21.0. The van der Waals surface area contributed by atoms with Gasteiger partial charge in [-0.05, 0) is 31.0 Å². The number of anilines is 2. The molecule has 0 saturated heterocycles. The van der Waals surface area contributed by atoms with Gasteiger partial charge in [0.25, 0.3) is 0 Å². The molecular formula is C26H47ClN2. The van der Waals surface area contributed by atoms with E-state index in [4.69, 9.17) is 11.6 Å². The molecule has 168 valence electrons. The van der Waals surface area contributed by atoms with Crippen molar-refractivity contribution in [3.8, 4) is 0 Å². The van der Waals surface area contributed by atoms with Crippen LogP contribution in [0.2, 0.25) is 5.02 Å². The van der Waals surface area contributed by atoms with Crippen molar-refractivity contribution < 1.29 is 0 Å². The van der Waals surface area contributed by atoms with Crippen molar-refractivity contribution in [3.63, 3.8) is 0 Å². The fraction of sp³-hybridized carbons (Fsp3) is 0.769. The van der Waals surface area contributed by atoms with Gasteiger partial charge in [0.15, 0.2) is 0 Å². The van der Waals surface area contributed by atoms with E-state index >= 15 is 0 Å². The first-order valence-electron chi connectivity index (χ1n) is 12.5. The van der Waals surface area contributed by atoms with Gasteiger partial charge in [0.1, 0.15) is 0 Å². The molecule has 3 heteroatoms. The fourth-order valence-corrected chi connectivity index (χ4v) is 4.01. The van der Waals surface area contributed by atoms with Crippen LogP contribution in [-0.2, 0) is 0 Å². The van der Waals surface area contributed by atoms with E-state index < -0.39 is 0 Å². The van der Waals surface area contributed by atoms with Crippen LogP contribution in [0.4, 0.5) is 11.4 Å². The molecule has 0 aliphatic heterocycles. The summed E-state index contributed by atoms with van der Waals surface area (Å²) in [5.41, 5.74) is 2.28. The summed E-state index contributed by atoms with van der Waals surface area (Å²) in [6.45, 7) is 6.62. The first-order chi connectivity index (χ1) is 14.3. The zero-order valence-corrected chi connectivity index (χ0v) is 20.1. The Morgan fingerprint density at radius 2 is 0.862 bits per heavy atom. The Morgan fingerprint density at radius 3 is 1.24 bits per heavy atom. The van der Waals surface area contributed by atoms with E-state index in [1.807, 2.05) is 12.1 Å². The third kappa shape index (κ3) is 15.6. The molecule has 2 nitrogen and oxygen atoms in total. The van der Waals surface area contributed by atoms with Gasteiger partial charge in [-0.3, -0.25) is 0 Å². The highest BCUT2D eigenvalue weighted by molar-refractivity contribution is 6.31. The summed E-state index contributed by atoms with van der Waals surface area (Å²) >= 11 is 6.32. The van der Waals surface area contributed by atoms with E-state index in [2.05, 4.69) is 30.5 Å². The van der Waals surface area contributed by atoms with Crippen molar-refractivity contribution in [2.45, 2.75) is 117 Å². The molecule has 0 atom stereocenters. The number of nitrogens with one attached hydrogen (secondary N) is 2. The van der Waals surface area contributed by atoms with Gasteiger partial charge in [-0.15, -0.1) is 0 Å². The highest BCUT2D eigenvalue weighted by Crippen LogP contribution is 2.23. The second-order valence-electron chi connectivity index (χ2n) is 8.53. The normalized spacial score (nSPS) is 11.0.